The van der Waals surface area contributed by atoms with E-state index in [1.54, 1.807) is 22.8 Å². The maximum absolute atomic E-state index is 12.8. The summed E-state index contributed by atoms with van der Waals surface area (Å²) in [5, 5.41) is 2.59. The third-order valence-electron chi connectivity index (χ3n) is 5.47. The number of ether oxygens (including phenoxy) is 2. The van der Waals surface area contributed by atoms with E-state index in [4.69, 9.17) is 9.47 Å². The van der Waals surface area contributed by atoms with Crippen molar-refractivity contribution in [1.29, 1.82) is 0 Å². The Balaban J connectivity index is 0.00000106. The molecule has 1 aromatic heterocycles. The summed E-state index contributed by atoms with van der Waals surface area (Å²) in [5.41, 5.74) is 0.519. The molecule has 0 fully saturated rings. The number of aromatic nitrogens is 1. The SMILES string of the molecule is C1=CC1.C=CCCC(=O)OCCn1c(=C)c2cc3c(cc2c1=C)C(=O)N(CCOC(=O)C=C)C3=O. The minimum Gasteiger partial charge on any atom is -0.464 e. The van der Waals surface area contributed by atoms with Gasteiger partial charge in [-0.05, 0) is 25.0 Å². The maximum Gasteiger partial charge on any atom is 0.330 e. The second-order valence-electron chi connectivity index (χ2n) is 7.88. The van der Waals surface area contributed by atoms with E-state index in [1.165, 1.54) is 6.42 Å². The maximum atomic E-state index is 12.8. The molecule has 0 atom stereocenters. The number of nitrogens with zero attached hydrogens (tertiary/aromatic N) is 2. The smallest absolute Gasteiger partial charge is 0.330 e. The topological polar surface area (TPSA) is 94.9 Å². The normalized spacial score (nSPS) is 13.2. The largest absolute Gasteiger partial charge is 0.464 e. The van der Waals surface area contributed by atoms with Crippen LogP contribution < -0.4 is 10.7 Å². The molecule has 8 nitrogen and oxygen atoms in total. The highest BCUT2D eigenvalue weighted by Gasteiger charge is 2.36. The monoisotopic (exact) mass is 476 g/mol. The third kappa shape index (κ3) is 5.84. The Morgan fingerprint density at radius 2 is 1.46 bits per heavy atom. The van der Waals surface area contributed by atoms with Gasteiger partial charge in [0, 0.05) is 34.0 Å². The molecular formula is C27H28N2O6. The molecule has 0 radical (unpaired) electrons. The summed E-state index contributed by atoms with van der Waals surface area (Å²) in [6.45, 7) is 15.3. The average Bonchev–Trinajstić information content (AvgIpc) is 3.70. The molecule has 4 rings (SSSR count). The zero-order valence-electron chi connectivity index (χ0n) is 19.6. The molecule has 1 aliphatic heterocycles. The molecule has 0 N–H and O–H groups in total. The van der Waals surface area contributed by atoms with E-state index in [0.717, 1.165) is 11.0 Å². The first-order valence-corrected chi connectivity index (χ1v) is 11.2. The highest BCUT2D eigenvalue weighted by molar-refractivity contribution is 6.23. The third-order valence-corrected chi connectivity index (χ3v) is 5.47. The molecule has 8 heteroatoms. The van der Waals surface area contributed by atoms with E-state index in [-0.39, 0.29) is 43.3 Å². The number of allylic oxidation sites excluding steroid dienone is 3. The van der Waals surface area contributed by atoms with Gasteiger partial charge in [-0.25, -0.2) is 4.79 Å². The highest BCUT2D eigenvalue weighted by atomic mass is 16.5. The molecule has 0 bridgehead atoms. The van der Waals surface area contributed by atoms with Crippen molar-refractivity contribution in [1.82, 2.24) is 9.47 Å². The zero-order chi connectivity index (χ0) is 25.5. The van der Waals surface area contributed by atoms with E-state index in [1.807, 2.05) is 0 Å². The fraction of sp³-hybridized carbons (Fsp3) is 0.259. The first-order valence-electron chi connectivity index (χ1n) is 11.2. The molecule has 1 aliphatic carbocycles. The Morgan fingerprint density at radius 1 is 0.914 bits per heavy atom. The summed E-state index contributed by atoms with van der Waals surface area (Å²) < 4.78 is 11.9. The highest BCUT2D eigenvalue weighted by Crippen LogP contribution is 2.25. The number of fused-ring (bicyclic) bond motifs is 2. The lowest BCUT2D eigenvalue weighted by molar-refractivity contribution is -0.143. The predicted molar refractivity (Wildman–Crippen MR) is 133 cm³/mol. The lowest BCUT2D eigenvalue weighted by Gasteiger charge is -2.13. The number of hydrogen-bond donors (Lipinski definition) is 0. The van der Waals surface area contributed by atoms with Gasteiger partial charge in [0.15, 0.2) is 0 Å². The first kappa shape index (κ1) is 25.4. The molecule has 0 saturated heterocycles. The number of rotatable bonds is 10. The zero-order valence-corrected chi connectivity index (χ0v) is 19.6. The van der Waals surface area contributed by atoms with Crippen LogP contribution in [0.3, 0.4) is 0 Å². The van der Waals surface area contributed by atoms with Crippen molar-refractivity contribution >= 4 is 47.7 Å². The van der Waals surface area contributed by atoms with Crippen molar-refractivity contribution in [3.05, 3.63) is 71.4 Å². The van der Waals surface area contributed by atoms with Gasteiger partial charge >= 0.3 is 11.9 Å². The predicted octanol–water partition coefficient (Wildman–Crippen LogP) is 2.24. The lowest BCUT2D eigenvalue weighted by Crippen LogP contribution is -2.33. The molecule has 35 heavy (non-hydrogen) atoms. The Kier molecular flexibility index (Phi) is 8.20. The summed E-state index contributed by atoms with van der Waals surface area (Å²) >= 11 is 0. The number of benzene rings is 1. The van der Waals surface area contributed by atoms with Gasteiger partial charge in [0.25, 0.3) is 11.8 Å². The number of carbonyl (C=O) groups excluding carboxylic acids is 4. The number of amides is 2. The van der Waals surface area contributed by atoms with Crippen molar-refractivity contribution in [3.8, 4) is 0 Å². The Bertz CT molecular complexity index is 1260. The fourth-order valence-corrected chi connectivity index (χ4v) is 3.58. The summed E-state index contributed by atoms with van der Waals surface area (Å²) in [5.74, 6) is -1.86. The molecule has 0 spiro atoms. The van der Waals surface area contributed by atoms with Gasteiger partial charge in [-0.2, -0.15) is 0 Å². The molecule has 0 saturated carbocycles. The van der Waals surface area contributed by atoms with Crippen LogP contribution in [0, 0.1) is 0 Å². The molecule has 2 amide bonds. The first-order chi connectivity index (χ1) is 16.8. The van der Waals surface area contributed by atoms with Crippen LogP contribution in [0.5, 0.6) is 0 Å². The van der Waals surface area contributed by atoms with Crippen LogP contribution in [0.1, 0.15) is 40.0 Å². The van der Waals surface area contributed by atoms with Crippen LogP contribution >= 0.6 is 0 Å². The van der Waals surface area contributed by atoms with E-state index in [2.05, 4.69) is 38.5 Å². The van der Waals surface area contributed by atoms with Crippen LogP contribution in [0.25, 0.3) is 23.9 Å². The van der Waals surface area contributed by atoms with E-state index >= 15 is 0 Å². The second-order valence-corrected chi connectivity index (χ2v) is 7.88. The Labute approximate surface area is 203 Å². The van der Waals surface area contributed by atoms with Crippen molar-refractivity contribution in [3.63, 3.8) is 0 Å². The van der Waals surface area contributed by atoms with Crippen LogP contribution in [0.15, 0.2) is 49.6 Å². The summed E-state index contributed by atoms with van der Waals surface area (Å²) in [7, 11) is 0. The summed E-state index contributed by atoms with van der Waals surface area (Å²) in [6.07, 6.45) is 8.98. The van der Waals surface area contributed by atoms with Crippen LogP contribution in [-0.4, -0.2) is 53.0 Å². The molecule has 2 heterocycles. The minimum atomic E-state index is -0.625. The van der Waals surface area contributed by atoms with Crippen molar-refractivity contribution < 1.29 is 28.7 Å². The molecule has 2 aliphatic rings. The van der Waals surface area contributed by atoms with Gasteiger partial charge in [-0.15, -0.1) is 6.58 Å². The molecular weight excluding hydrogens is 448 g/mol. The van der Waals surface area contributed by atoms with Crippen LogP contribution in [0.2, 0.25) is 0 Å². The summed E-state index contributed by atoms with van der Waals surface area (Å²) in [6, 6.07) is 3.26. The molecule has 0 unspecified atom stereocenters. The summed E-state index contributed by atoms with van der Waals surface area (Å²) in [4.78, 5) is 49.4. The second kappa shape index (κ2) is 11.3. The van der Waals surface area contributed by atoms with Crippen molar-refractivity contribution in [2.24, 2.45) is 0 Å². The molecule has 1 aromatic carbocycles. The standard InChI is InChI=1S/C24H24N2O6.C3H4/c1-5-7-8-22(28)32-11-9-25-15(3)17-13-19-20(14-18(17)16(25)4)24(30)26(23(19)29)10-12-31-21(27)6-2;1-2-3-1/h5-6,13-14H,1-4,7-12H2;1-2H,3H2. The van der Waals surface area contributed by atoms with Gasteiger partial charge in [0.1, 0.15) is 13.2 Å². The van der Waals surface area contributed by atoms with Crippen molar-refractivity contribution in [2.75, 3.05) is 19.8 Å². The van der Waals surface area contributed by atoms with Crippen molar-refractivity contribution in [2.45, 2.75) is 25.8 Å². The van der Waals surface area contributed by atoms with E-state index in [0.29, 0.717) is 34.4 Å². The van der Waals surface area contributed by atoms with Gasteiger partial charge in [-0.3, -0.25) is 19.3 Å². The minimum absolute atomic E-state index is 0.0537. The quantitative estimate of drug-likeness (QED) is 0.226. The number of carbonyl (C=O) groups is 4. The number of esters is 2. The van der Waals surface area contributed by atoms with Gasteiger partial charge in [-0.1, -0.05) is 38.0 Å². The molecule has 182 valence electrons. The Hall–Kier alpha value is -4.20. The van der Waals surface area contributed by atoms with Gasteiger partial charge < -0.3 is 14.0 Å². The Morgan fingerprint density at radius 3 is 1.94 bits per heavy atom. The van der Waals surface area contributed by atoms with Crippen LogP contribution in [0.4, 0.5) is 0 Å². The van der Waals surface area contributed by atoms with E-state index in [9.17, 15) is 19.2 Å². The average molecular weight is 477 g/mol. The van der Waals surface area contributed by atoms with E-state index < -0.39 is 17.8 Å². The number of hydrogen-bond acceptors (Lipinski definition) is 6. The molecule has 2 aromatic rings. The van der Waals surface area contributed by atoms with Gasteiger partial charge in [0.05, 0.1) is 24.2 Å². The van der Waals surface area contributed by atoms with Crippen LogP contribution in [-0.2, 0) is 25.6 Å². The lowest BCUT2D eigenvalue weighted by atomic mass is 10.0. The van der Waals surface area contributed by atoms with Gasteiger partial charge in [0.2, 0.25) is 0 Å². The fourth-order valence-electron chi connectivity index (χ4n) is 3.58. The number of imide groups is 1.